The van der Waals surface area contributed by atoms with Crippen LogP contribution in [0, 0.1) is 0 Å². The van der Waals surface area contributed by atoms with Gasteiger partial charge in [-0.25, -0.2) is 0 Å². The Balaban J connectivity index is 0.000000272. The molecule has 0 radical (unpaired) electrons. The summed E-state index contributed by atoms with van der Waals surface area (Å²) in [6.45, 7) is 11.6. The summed E-state index contributed by atoms with van der Waals surface area (Å²) < 4.78 is 7.39. The van der Waals surface area contributed by atoms with E-state index in [1.807, 2.05) is 37.3 Å². The van der Waals surface area contributed by atoms with Gasteiger partial charge in [0, 0.05) is 0 Å². The molecule has 0 atom stereocenters. The van der Waals surface area contributed by atoms with Crippen molar-refractivity contribution in [2.45, 2.75) is 40.3 Å². The molecule has 0 amide bonds. The van der Waals surface area contributed by atoms with E-state index < -0.39 is 0 Å². The van der Waals surface area contributed by atoms with Crippen molar-refractivity contribution in [3.8, 4) is 5.75 Å². The molecule has 24 heavy (non-hydrogen) atoms. The molecule has 1 nitrogen and oxygen atoms in total. The first kappa shape index (κ1) is 21.0. The van der Waals surface area contributed by atoms with Gasteiger partial charge < -0.3 is 4.74 Å². The summed E-state index contributed by atoms with van der Waals surface area (Å²) >= 11 is 0.375. The number of hydrogen-bond donors (Lipinski definition) is 0. The van der Waals surface area contributed by atoms with Crippen molar-refractivity contribution in [3.05, 3.63) is 75.7 Å². The van der Waals surface area contributed by atoms with Crippen molar-refractivity contribution in [2.24, 2.45) is 0 Å². The quantitative estimate of drug-likeness (QED) is 0.447. The van der Waals surface area contributed by atoms with Gasteiger partial charge in [0.25, 0.3) is 0 Å². The molecule has 0 N–H and O–H groups in total. The normalized spacial score (nSPS) is 14.2. The van der Waals surface area contributed by atoms with Gasteiger partial charge in [-0.05, 0) is 38.5 Å². The van der Waals surface area contributed by atoms with Crippen molar-refractivity contribution < 1.29 is 23.1 Å². The van der Waals surface area contributed by atoms with Crippen molar-refractivity contribution in [1.82, 2.24) is 0 Å². The fourth-order valence-electron chi connectivity index (χ4n) is 2.15. The standard InChI is InChI=1S/C14H18O.C5H5.C2H7Si.Ti/c1-4-12(2)10-13(3)11-15-14-8-6-5-7-9-14;1-2-4-5-3-1;1-3-2;/h4-10H,11H2,1-3H3;1-3H,4H2;3H,1-2H3;. The molecule has 0 unspecified atom stereocenters. The second kappa shape index (κ2) is 12.3. The third-order valence-electron chi connectivity index (χ3n) is 3.38. The molecule has 1 aromatic rings. The first-order valence-corrected chi connectivity index (χ1v) is 15.0. The van der Waals surface area contributed by atoms with Crippen molar-refractivity contribution >= 4 is 6.66 Å². The molecular weight excluding hydrogens is 344 g/mol. The summed E-state index contributed by atoms with van der Waals surface area (Å²) in [6.07, 6.45) is 12.3. The van der Waals surface area contributed by atoms with Crippen LogP contribution < -0.4 is 4.74 Å². The van der Waals surface area contributed by atoms with E-state index in [1.165, 1.54) is 17.6 Å². The fourth-order valence-corrected chi connectivity index (χ4v) is 7.92. The number of rotatable bonds is 6. The number of ether oxygens (including phenoxy) is 1. The van der Waals surface area contributed by atoms with E-state index in [0.29, 0.717) is 25.0 Å². The molecule has 1 aliphatic carbocycles. The summed E-state index contributed by atoms with van der Waals surface area (Å²) in [5.74, 6) is 0.920. The van der Waals surface area contributed by atoms with Crippen molar-refractivity contribution in [2.75, 3.05) is 6.61 Å². The Labute approximate surface area is 157 Å². The van der Waals surface area contributed by atoms with E-state index in [-0.39, 0.29) is 6.66 Å². The van der Waals surface area contributed by atoms with E-state index >= 15 is 0 Å². The van der Waals surface area contributed by atoms with Crippen LogP contribution in [0.25, 0.3) is 0 Å². The van der Waals surface area contributed by atoms with Gasteiger partial charge in [-0.3, -0.25) is 0 Å². The van der Waals surface area contributed by atoms with Gasteiger partial charge in [-0.2, -0.15) is 0 Å². The molecule has 0 fully saturated rings. The van der Waals surface area contributed by atoms with Crippen LogP contribution in [0.15, 0.2) is 75.7 Å². The molecule has 128 valence electrons. The molecular formula is C21H30OSiTi. The molecule has 0 saturated carbocycles. The van der Waals surface area contributed by atoms with Gasteiger partial charge in [0.2, 0.25) is 0 Å². The van der Waals surface area contributed by atoms with Gasteiger partial charge in [-0.1, -0.05) is 35.9 Å². The summed E-state index contributed by atoms with van der Waals surface area (Å²) in [7, 11) is 0. The van der Waals surface area contributed by atoms with Crippen LogP contribution in [0.1, 0.15) is 27.2 Å². The van der Waals surface area contributed by atoms with Crippen LogP contribution in [0.5, 0.6) is 5.75 Å². The third-order valence-corrected chi connectivity index (χ3v) is 9.35. The van der Waals surface area contributed by atoms with E-state index in [0.717, 1.165) is 5.75 Å². The minimum absolute atomic E-state index is 0.207. The Morgan fingerprint density at radius 3 is 2.46 bits per heavy atom. The Hall–Kier alpha value is -1.09. The zero-order valence-corrected chi connectivity index (χ0v) is 18.4. The zero-order chi connectivity index (χ0) is 17.8. The number of benzene rings is 1. The van der Waals surface area contributed by atoms with E-state index in [1.54, 1.807) is 3.88 Å². The summed E-state index contributed by atoms with van der Waals surface area (Å²) in [6, 6.07) is 9.88. The topological polar surface area (TPSA) is 9.23 Å². The predicted octanol–water partition coefficient (Wildman–Crippen LogP) is 5.87. The Morgan fingerprint density at radius 1 is 1.21 bits per heavy atom. The average molecular weight is 374 g/mol. The molecule has 0 spiro atoms. The monoisotopic (exact) mass is 374 g/mol. The maximum atomic E-state index is 5.62. The number of para-hydroxylation sites is 1. The SMILES string of the molecule is CC=C(C)C=C(C)COc1ccccc1.C[SiH](C)[Ti][C]1=CC=CC1. The molecule has 0 saturated heterocycles. The average Bonchev–Trinajstić information content (AvgIpc) is 3.06. The van der Waals surface area contributed by atoms with Crippen LogP contribution in [-0.4, -0.2) is 13.3 Å². The first-order chi connectivity index (χ1) is 11.5. The Morgan fingerprint density at radius 2 is 1.92 bits per heavy atom. The van der Waals surface area contributed by atoms with Crippen LogP contribution in [0.2, 0.25) is 13.1 Å². The molecule has 0 bridgehead atoms. The van der Waals surface area contributed by atoms with Crippen molar-refractivity contribution in [1.29, 1.82) is 0 Å². The summed E-state index contributed by atoms with van der Waals surface area (Å²) in [5, 5.41) is 0. The molecule has 1 aromatic carbocycles. The van der Waals surface area contributed by atoms with Gasteiger partial charge in [0.15, 0.2) is 0 Å². The van der Waals surface area contributed by atoms with Crippen LogP contribution in [-0.2, 0) is 18.4 Å². The van der Waals surface area contributed by atoms with E-state index in [2.05, 4.69) is 57.3 Å². The number of hydrogen-bond acceptors (Lipinski definition) is 1. The molecule has 0 aliphatic heterocycles. The second-order valence-corrected chi connectivity index (χ2v) is 16.6. The van der Waals surface area contributed by atoms with Crippen LogP contribution in [0.4, 0.5) is 0 Å². The summed E-state index contributed by atoms with van der Waals surface area (Å²) in [4.78, 5) is 0. The summed E-state index contributed by atoms with van der Waals surface area (Å²) in [5.41, 5.74) is 2.50. The second-order valence-electron chi connectivity index (χ2n) is 6.25. The third kappa shape index (κ3) is 9.92. The molecule has 0 heterocycles. The number of allylic oxidation sites excluding steroid dienone is 7. The Kier molecular flexibility index (Phi) is 10.7. The first-order valence-electron chi connectivity index (χ1n) is 8.61. The fraction of sp³-hybridized carbons (Fsp3) is 0.333. The van der Waals surface area contributed by atoms with Crippen LogP contribution >= 0.6 is 0 Å². The molecule has 2 rings (SSSR count). The van der Waals surface area contributed by atoms with Gasteiger partial charge >= 0.3 is 66.7 Å². The van der Waals surface area contributed by atoms with E-state index in [4.69, 9.17) is 4.74 Å². The van der Waals surface area contributed by atoms with E-state index in [9.17, 15) is 0 Å². The Bertz CT molecular complexity index is 598. The minimum atomic E-state index is -0.207. The van der Waals surface area contributed by atoms with Gasteiger partial charge in [-0.15, -0.1) is 0 Å². The van der Waals surface area contributed by atoms with Crippen molar-refractivity contribution in [3.63, 3.8) is 0 Å². The van der Waals surface area contributed by atoms with Crippen LogP contribution in [0.3, 0.4) is 0 Å². The maximum absolute atomic E-state index is 5.62. The van der Waals surface area contributed by atoms with Gasteiger partial charge in [0.1, 0.15) is 12.4 Å². The van der Waals surface area contributed by atoms with Gasteiger partial charge in [0.05, 0.1) is 0 Å². The predicted molar refractivity (Wildman–Crippen MR) is 106 cm³/mol. The molecule has 1 aliphatic rings. The zero-order valence-electron chi connectivity index (χ0n) is 15.7. The molecule has 0 aromatic heterocycles. The molecule has 3 heteroatoms.